The van der Waals surface area contributed by atoms with Crippen molar-refractivity contribution < 1.29 is 9.13 Å². The second kappa shape index (κ2) is 13.2. The van der Waals surface area contributed by atoms with Gasteiger partial charge in [0.1, 0.15) is 5.82 Å². The highest BCUT2D eigenvalue weighted by Gasteiger charge is 2.23. The molecular formula is C21H37FIN5O. The van der Waals surface area contributed by atoms with Crippen molar-refractivity contribution in [2.75, 3.05) is 58.4 Å². The maximum atomic E-state index is 14.2. The minimum Gasteiger partial charge on any atom is -0.379 e. The Morgan fingerprint density at radius 2 is 1.93 bits per heavy atom. The van der Waals surface area contributed by atoms with E-state index in [1.807, 2.05) is 27.1 Å². The largest absolute Gasteiger partial charge is 0.379 e. The molecule has 1 unspecified atom stereocenters. The summed E-state index contributed by atoms with van der Waals surface area (Å²) in [6, 6.07) is 5.71. The smallest absolute Gasteiger partial charge is 0.191 e. The van der Waals surface area contributed by atoms with E-state index in [-0.39, 0.29) is 29.8 Å². The van der Waals surface area contributed by atoms with E-state index in [2.05, 4.69) is 34.4 Å². The number of ether oxygens (including phenoxy) is 1. The van der Waals surface area contributed by atoms with Crippen LogP contribution in [0.1, 0.15) is 26.3 Å². The fourth-order valence-electron chi connectivity index (χ4n) is 3.42. The zero-order chi connectivity index (χ0) is 20.5. The predicted molar refractivity (Wildman–Crippen MR) is 130 cm³/mol. The lowest BCUT2D eigenvalue weighted by Crippen LogP contribution is -2.52. The van der Waals surface area contributed by atoms with Gasteiger partial charge in [-0.05, 0) is 30.5 Å². The van der Waals surface area contributed by atoms with Crippen LogP contribution in [-0.4, -0.2) is 70.4 Å². The number of rotatable bonds is 8. The highest BCUT2D eigenvalue weighted by Crippen LogP contribution is 2.18. The molecule has 0 aromatic heterocycles. The van der Waals surface area contributed by atoms with Crippen molar-refractivity contribution in [1.29, 1.82) is 0 Å². The van der Waals surface area contributed by atoms with Crippen LogP contribution in [0.4, 0.5) is 10.1 Å². The van der Waals surface area contributed by atoms with E-state index < -0.39 is 0 Å². The third-order valence-electron chi connectivity index (χ3n) is 5.02. The van der Waals surface area contributed by atoms with E-state index in [1.165, 1.54) is 0 Å². The van der Waals surface area contributed by atoms with Gasteiger partial charge in [0, 0.05) is 46.3 Å². The molecule has 1 aliphatic rings. The summed E-state index contributed by atoms with van der Waals surface area (Å²) < 4.78 is 19.7. The van der Waals surface area contributed by atoms with Crippen molar-refractivity contribution in [2.45, 2.75) is 33.4 Å². The summed E-state index contributed by atoms with van der Waals surface area (Å²) >= 11 is 0. The summed E-state index contributed by atoms with van der Waals surface area (Å²) in [5.74, 6) is 1.07. The lowest BCUT2D eigenvalue weighted by molar-refractivity contribution is 0.00752. The van der Waals surface area contributed by atoms with Crippen LogP contribution in [0.3, 0.4) is 0 Å². The SMILES string of the molecule is CCNC(=NCc1ccc(N(C)C)c(F)c1)NCC(C(C)C)N1CCOCC1.I. The minimum absolute atomic E-state index is 0. The molecule has 1 atom stereocenters. The highest BCUT2D eigenvalue weighted by molar-refractivity contribution is 14.0. The molecule has 8 heteroatoms. The maximum Gasteiger partial charge on any atom is 0.191 e. The molecule has 1 aromatic rings. The zero-order valence-electron chi connectivity index (χ0n) is 18.4. The number of halogens is 2. The van der Waals surface area contributed by atoms with Gasteiger partial charge < -0.3 is 20.3 Å². The first-order valence-electron chi connectivity index (χ1n) is 10.2. The number of guanidine groups is 1. The van der Waals surface area contributed by atoms with Gasteiger partial charge in [-0.25, -0.2) is 9.38 Å². The fourth-order valence-corrected chi connectivity index (χ4v) is 3.42. The Hall–Kier alpha value is -1.13. The Kier molecular flexibility index (Phi) is 11.8. The molecule has 0 amide bonds. The number of aliphatic imine (C=N–C) groups is 1. The Morgan fingerprint density at radius 1 is 1.24 bits per heavy atom. The van der Waals surface area contributed by atoms with Crippen LogP contribution in [0, 0.1) is 11.7 Å². The Morgan fingerprint density at radius 3 is 2.48 bits per heavy atom. The van der Waals surface area contributed by atoms with Crippen molar-refractivity contribution in [3.63, 3.8) is 0 Å². The zero-order valence-corrected chi connectivity index (χ0v) is 20.7. The van der Waals surface area contributed by atoms with Crippen molar-refractivity contribution in [1.82, 2.24) is 15.5 Å². The molecule has 0 saturated carbocycles. The molecule has 6 nitrogen and oxygen atoms in total. The molecule has 2 rings (SSSR count). The average molecular weight is 521 g/mol. The average Bonchev–Trinajstić information content (AvgIpc) is 2.66. The molecule has 1 fully saturated rings. The van der Waals surface area contributed by atoms with Gasteiger partial charge in [0.15, 0.2) is 5.96 Å². The van der Waals surface area contributed by atoms with E-state index in [1.54, 1.807) is 17.0 Å². The molecule has 0 radical (unpaired) electrons. The van der Waals surface area contributed by atoms with E-state index in [4.69, 9.17) is 4.74 Å². The Labute approximate surface area is 192 Å². The number of anilines is 1. The standard InChI is InChI=1S/C21H36FN5O.HI/c1-6-23-21(24-14-17-7-8-19(26(4)5)18(22)13-17)25-15-20(16(2)3)27-9-11-28-12-10-27;/h7-8,13,16,20H,6,9-12,14-15H2,1-5H3,(H2,23,24,25);1H. The quantitative estimate of drug-likeness (QED) is 0.313. The minimum atomic E-state index is -0.220. The van der Waals surface area contributed by atoms with Crippen molar-refractivity contribution in [2.24, 2.45) is 10.9 Å². The van der Waals surface area contributed by atoms with Crippen molar-refractivity contribution in [3.05, 3.63) is 29.6 Å². The van der Waals surface area contributed by atoms with E-state index in [0.717, 1.165) is 50.9 Å². The lowest BCUT2D eigenvalue weighted by atomic mass is 10.0. The monoisotopic (exact) mass is 521 g/mol. The second-order valence-electron chi connectivity index (χ2n) is 7.72. The fraction of sp³-hybridized carbons (Fsp3) is 0.667. The van der Waals surface area contributed by atoms with Crippen LogP contribution < -0.4 is 15.5 Å². The van der Waals surface area contributed by atoms with Crippen LogP contribution >= 0.6 is 24.0 Å². The first kappa shape index (κ1) is 25.9. The first-order valence-corrected chi connectivity index (χ1v) is 10.2. The van der Waals surface area contributed by atoms with Gasteiger partial charge in [0.25, 0.3) is 0 Å². The summed E-state index contributed by atoms with van der Waals surface area (Å²) in [6.45, 7) is 12.1. The van der Waals surface area contributed by atoms with Gasteiger partial charge in [-0.15, -0.1) is 24.0 Å². The van der Waals surface area contributed by atoms with Gasteiger partial charge >= 0.3 is 0 Å². The van der Waals surface area contributed by atoms with E-state index in [9.17, 15) is 4.39 Å². The first-order chi connectivity index (χ1) is 13.4. The molecule has 0 aliphatic carbocycles. The third-order valence-corrected chi connectivity index (χ3v) is 5.02. The van der Waals surface area contributed by atoms with Crippen molar-refractivity contribution in [3.8, 4) is 0 Å². The molecule has 29 heavy (non-hydrogen) atoms. The lowest BCUT2D eigenvalue weighted by Gasteiger charge is -2.37. The Bertz CT molecular complexity index is 635. The molecule has 1 aliphatic heterocycles. The van der Waals surface area contributed by atoms with Crippen LogP contribution in [0.5, 0.6) is 0 Å². The molecule has 0 bridgehead atoms. The summed E-state index contributed by atoms with van der Waals surface area (Å²) in [7, 11) is 3.67. The molecule has 1 saturated heterocycles. The number of benzene rings is 1. The third kappa shape index (κ3) is 8.25. The van der Waals surface area contributed by atoms with Gasteiger partial charge in [-0.3, -0.25) is 4.90 Å². The summed E-state index contributed by atoms with van der Waals surface area (Å²) in [4.78, 5) is 8.90. The number of morpholine rings is 1. The summed E-state index contributed by atoms with van der Waals surface area (Å²) in [5.41, 5.74) is 1.44. The van der Waals surface area contributed by atoms with Crippen LogP contribution in [-0.2, 0) is 11.3 Å². The number of hydrogen-bond donors (Lipinski definition) is 2. The van der Waals surface area contributed by atoms with E-state index >= 15 is 0 Å². The summed E-state index contributed by atoms with van der Waals surface area (Å²) in [6.07, 6.45) is 0. The van der Waals surface area contributed by atoms with E-state index in [0.29, 0.717) is 24.2 Å². The topological polar surface area (TPSA) is 52.1 Å². The molecule has 1 heterocycles. The number of nitrogens with one attached hydrogen (secondary N) is 2. The highest BCUT2D eigenvalue weighted by atomic mass is 127. The maximum absolute atomic E-state index is 14.2. The van der Waals surface area contributed by atoms with Gasteiger partial charge in [-0.1, -0.05) is 19.9 Å². The molecule has 2 N–H and O–H groups in total. The van der Waals surface area contributed by atoms with Crippen LogP contribution in [0.2, 0.25) is 0 Å². The second-order valence-corrected chi connectivity index (χ2v) is 7.72. The molecule has 0 spiro atoms. The van der Waals surface area contributed by atoms with Gasteiger partial charge in [-0.2, -0.15) is 0 Å². The normalized spacial score (nSPS) is 16.3. The van der Waals surface area contributed by atoms with Gasteiger partial charge in [0.05, 0.1) is 25.4 Å². The van der Waals surface area contributed by atoms with Crippen LogP contribution in [0.15, 0.2) is 23.2 Å². The summed E-state index contributed by atoms with van der Waals surface area (Å²) in [5, 5.41) is 6.76. The molecule has 1 aromatic carbocycles. The molecule has 166 valence electrons. The van der Waals surface area contributed by atoms with Crippen molar-refractivity contribution >= 4 is 35.6 Å². The molecular weight excluding hydrogens is 484 g/mol. The number of nitrogens with zero attached hydrogens (tertiary/aromatic N) is 3. The predicted octanol–water partition coefficient (Wildman–Crippen LogP) is 2.92. The number of hydrogen-bond acceptors (Lipinski definition) is 4. The van der Waals surface area contributed by atoms with Crippen LogP contribution in [0.25, 0.3) is 0 Å². The Balaban J connectivity index is 0.00000420. The van der Waals surface area contributed by atoms with Gasteiger partial charge in [0.2, 0.25) is 0 Å².